The molecule has 1 heterocycles. The maximum absolute atomic E-state index is 11.8. The number of aromatic nitrogens is 1. The molecule has 0 aliphatic carbocycles. The molecule has 94 valence electrons. The molecular weight excluding hydrogens is 298 g/mol. The number of H-pyrrole nitrogens is 1. The van der Waals surface area contributed by atoms with Gasteiger partial charge in [-0.15, -0.1) is 0 Å². The molecule has 0 aliphatic heterocycles. The first-order valence-corrected chi connectivity index (χ1v) is 5.94. The number of carbonyl (C=O) groups is 1. The van der Waals surface area contributed by atoms with E-state index in [0.29, 0.717) is 5.69 Å². The molecule has 7 heteroatoms. The van der Waals surface area contributed by atoms with E-state index in [1.807, 2.05) is 0 Å². The molecule has 0 bridgehead atoms. The smallest absolute Gasteiger partial charge is 0.272 e. The number of aromatic amines is 1. The lowest BCUT2D eigenvalue weighted by molar-refractivity contribution is 0.102. The van der Waals surface area contributed by atoms with Crippen LogP contribution in [0.1, 0.15) is 10.5 Å². The van der Waals surface area contributed by atoms with E-state index in [9.17, 15) is 9.90 Å². The van der Waals surface area contributed by atoms with E-state index >= 15 is 0 Å². The second-order valence-electron chi connectivity index (χ2n) is 3.47. The SMILES string of the molecule is O=C(Nc1ccc(Cl)c(O)c1)c1cc(Cl)c(Cl)[nH]1. The summed E-state index contributed by atoms with van der Waals surface area (Å²) in [4.78, 5) is 14.4. The Hall–Kier alpha value is -1.36. The van der Waals surface area contributed by atoms with Crippen molar-refractivity contribution >= 4 is 46.4 Å². The summed E-state index contributed by atoms with van der Waals surface area (Å²) in [6, 6.07) is 5.79. The van der Waals surface area contributed by atoms with Crippen molar-refractivity contribution in [2.75, 3.05) is 5.32 Å². The zero-order valence-corrected chi connectivity index (χ0v) is 11.1. The average molecular weight is 306 g/mol. The van der Waals surface area contributed by atoms with Gasteiger partial charge < -0.3 is 15.4 Å². The van der Waals surface area contributed by atoms with Gasteiger partial charge >= 0.3 is 0 Å². The predicted octanol–water partition coefficient (Wildman–Crippen LogP) is 3.93. The first-order chi connectivity index (χ1) is 8.47. The predicted molar refractivity (Wildman–Crippen MR) is 71.9 cm³/mol. The van der Waals surface area contributed by atoms with Gasteiger partial charge in [-0.2, -0.15) is 0 Å². The molecule has 1 aromatic carbocycles. The van der Waals surface area contributed by atoms with Crippen molar-refractivity contribution in [2.45, 2.75) is 0 Å². The number of aromatic hydroxyl groups is 1. The Kier molecular flexibility index (Phi) is 3.71. The van der Waals surface area contributed by atoms with E-state index in [-0.39, 0.29) is 26.6 Å². The lowest BCUT2D eigenvalue weighted by Crippen LogP contribution is -2.12. The molecule has 0 atom stereocenters. The second-order valence-corrected chi connectivity index (χ2v) is 4.66. The van der Waals surface area contributed by atoms with Gasteiger partial charge in [-0.05, 0) is 18.2 Å². The van der Waals surface area contributed by atoms with Gasteiger partial charge in [0.2, 0.25) is 0 Å². The number of hydrogen-bond donors (Lipinski definition) is 3. The van der Waals surface area contributed by atoms with Gasteiger partial charge in [0.15, 0.2) is 0 Å². The summed E-state index contributed by atoms with van der Waals surface area (Å²) >= 11 is 17.1. The van der Waals surface area contributed by atoms with E-state index < -0.39 is 5.91 Å². The molecular formula is C11H7Cl3N2O2. The minimum Gasteiger partial charge on any atom is -0.506 e. The number of benzene rings is 1. The number of phenolic OH excluding ortho intramolecular Hbond substituents is 1. The Labute approximate surface area is 117 Å². The zero-order valence-electron chi connectivity index (χ0n) is 8.80. The van der Waals surface area contributed by atoms with Crippen LogP contribution in [0.3, 0.4) is 0 Å². The monoisotopic (exact) mass is 304 g/mol. The van der Waals surface area contributed by atoms with Crippen molar-refractivity contribution in [3.63, 3.8) is 0 Å². The summed E-state index contributed by atoms with van der Waals surface area (Å²) in [5.74, 6) is -0.539. The van der Waals surface area contributed by atoms with Crippen LogP contribution in [-0.2, 0) is 0 Å². The second kappa shape index (κ2) is 5.10. The Balaban J connectivity index is 2.18. The number of carbonyl (C=O) groups excluding carboxylic acids is 1. The van der Waals surface area contributed by atoms with Crippen LogP contribution >= 0.6 is 34.8 Å². The van der Waals surface area contributed by atoms with Crippen LogP contribution in [-0.4, -0.2) is 16.0 Å². The summed E-state index contributed by atoms with van der Waals surface area (Å²) in [6.07, 6.45) is 0. The summed E-state index contributed by atoms with van der Waals surface area (Å²) in [5.41, 5.74) is 0.628. The van der Waals surface area contributed by atoms with Crippen molar-refractivity contribution in [2.24, 2.45) is 0 Å². The van der Waals surface area contributed by atoms with Crippen LogP contribution < -0.4 is 5.32 Å². The van der Waals surface area contributed by atoms with Crippen LogP contribution in [0.25, 0.3) is 0 Å². The zero-order chi connectivity index (χ0) is 13.3. The average Bonchev–Trinajstić information content (AvgIpc) is 2.65. The van der Waals surface area contributed by atoms with Crippen LogP contribution in [0.2, 0.25) is 15.2 Å². The molecule has 18 heavy (non-hydrogen) atoms. The van der Waals surface area contributed by atoms with Gasteiger partial charge in [0.25, 0.3) is 5.91 Å². The van der Waals surface area contributed by atoms with E-state index in [2.05, 4.69) is 10.3 Å². The van der Waals surface area contributed by atoms with Crippen molar-refractivity contribution in [3.05, 3.63) is 45.2 Å². The third-order valence-electron chi connectivity index (χ3n) is 2.17. The van der Waals surface area contributed by atoms with Crippen LogP contribution in [0.15, 0.2) is 24.3 Å². The van der Waals surface area contributed by atoms with Crippen molar-refractivity contribution in [1.82, 2.24) is 4.98 Å². The fraction of sp³-hybridized carbons (Fsp3) is 0. The Morgan fingerprint density at radius 3 is 2.44 bits per heavy atom. The van der Waals surface area contributed by atoms with Gasteiger partial charge in [0, 0.05) is 11.8 Å². The minimum atomic E-state index is -0.425. The fourth-order valence-electron chi connectivity index (χ4n) is 1.32. The van der Waals surface area contributed by atoms with Gasteiger partial charge in [-0.3, -0.25) is 4.79 Å². The third-order valence-corrected chi connectivity index (χ3v) is 3.19. The van der Waals surface area contributed by atoms with Gasteiger partial charge in [0.05, 0.1) is 10.0 Å². The molecule has 0 spiro atoms. The number of nitrogens with one attached hydrogen (secondary N) is 2. The maximum atomic E-state index is 11.8. The van der Waals surface area contributed by atoms with Gasteiger partial charge in [0.1, 0.15) is 16.6 Å². The topological polar surface area (TPSA) is 65.1 Å². The normalized spacial score (nSPS) is 10.4. The molecule has 1 aromatic heterocycles. The molecule has 3 N–H and O–H groups in total. The van der Waals surface area contributed by atoms with E-state index in [1.54, 1.807) is 6.07 Å². The molecule has 2 rings (SSSR count). The largest absolute Gasteiger partial charge is 0.506 e. The standard InChI is InChI=1S/C11H7Cl3N2O2/c12-6-2-1-5(3-9(6)17)15-11(18)8-4-7(13)10(14)16-8/h1-4,16-17H,(H,15,18). The molecule has 0 aliphatic rings. The summed E-state index contributed by atoms with van der Waals surface area (Å²) < 4.78 is 0. The number of rotatable bonds is 2. The Morgan fingerprint density at radius 1 is 1.17 bits per heavy atom. The highest BCUT2D eigenvalue weighted by molar-refractivity contribution is 6.41. The number of anilines is 1. The molecule has 0 saturated heterocycles. The Morgan fingerprint density at radius 2 is 1.89 bits per heavy atom. The minimum absolute atomic E-state index is 0.114. The molecule has 0 radical (unpaired) electrons. The number of hydrogen-bond acceptors (Lipinski definition) is 2. The first-order valence-electron chi connectivity index (χ1n) is 4.81. The van der Waals surface area contributed by atoms with Crippen molar-refractivity contribution in [3.8, 4) is 5.75 Å². The molecule has 2 aromatic rings. The summed E-state index contributed by atoms with van der Waals surface area (Å²) in [6.45, 7) is 0. The Bertz CT molecular complexity index is 591. The van der Waals surface area contributed by atoms with E-state index in [0.717, 1.165) is 0 Å². The summed E-state index contributed by atoms with van der Waals surface area (Å²) in [5, 5.41) is 12.6. The number of phenols is 1. The highest BCUT2D eigenvalue weighted by atomic mass is 35.5. The lowest BCUT2D eigenvalue weighted by atomic mass is 10.3. The highest BCUT2D eigenvalue weighted by Crippen LogP contribution is 2.27. The summed E-state index contributed by atoms with van der Waals surface area (Å²) in [7, 11) is 0. The van der Waals surface area contributed by atoms with Crippen molar-refractivity contribution < 1.29 is 9.90 Å². The van der Waals surface area contributed by atoms with E-state index in [4.69, 9.17) is 34.8 Å². The number of halogens is 3. The molecule has 0 fully saturated rings. The van der Waals surface area contributed by atoms with Crippen LogP contribution in [0.5, 0.6) is 5.75 Å². The number of amides is 1. The molecule has 4 nitrogen and oxygen atoms in total. The molecule has 0 unspecified atom stereocenters. The maximum Gasteiger partial charge on any atom is 0.272 e. The fourth-order valence-corrected chi connectivity index (χ4v) is 1.75. The van der Waals surface area contributed by atoms with Crippen molar-refractivity contribution in [1.29, 1.82) is 0 Å². The lowest BCUT2D eigenvalue weighted by Gasteiger charge is -2.04. The van der Waals surface area contributed by atoms with E-state index in [1.165, 1.54) is 18.2 Å². The molecule has 0 saturated carbocycles. The molecule has 1 amide bonds. The highest BCUT2D eigenvalue weighted by Gasteiger charge is 2.12. The first kappa shape index (κ1) is 13.1. The quantitative estimate of drug-likeness (QED) is 0.787. The van der Waals surface area contributed by atoms with Gasteiger partial charge in [-0.25, -0.2) is 0 Å². The van der Waals surface area contributed by atoms with Crippen LogP contribution in [0.4, 0.5) is 5.69 Å². The van der Waals surface area contributed by atoms with Crippen LogP contribution in [0, 0.1) is 0 Å². The third kappa shape index (κ3) is 2.72. The van der Waals surface area contributed by atoms with Gasteiger partial charge in [-0.1, -0.05) is 34.8 Å².